The first kappa shape index (κ1) is 27.7. The Morgan fingerprint density at radius 2 is 1.66 bits per heavy atom. The number of aryl methyl sites for hydroxylation is 1. The van der Waals surface area contributed by atoms with Crippen LogP contribution in [-0.4, -0.2) is 28.0 Å². The standard InChI is InChI=1S/C32H27N3O5S/c1-22-8-13-26(14-9-22)33-32-34(20-23-6-4-3-5-7-23)31(36)30(41-32)19-25-12-17-28(29(18-25)39-2)40-21-24-10-15-27(16-11-24)35(37)38/h3-19H,20-21H2,1-2H3/b30-19+,33-32?. The Hall–Kier alpha value is -4.89. The number of thioether (sulfide) groups is 1. The molecule has 1 fully saturated rings. The van der Waals surface area contributed by atoms with Crippen molar-refractivity contribution in [2.45, 2.75) is 20.1 Å². The molecule has 0 unspecified atom stereocenters. The van der Waals surface area contributed by atoms with Crippen LogP contribution in [0.2, 0.25) is 0 Å². The Morgan fingerprint density at radius 3 is 2.34 bits per heavy atom. The first-order valence-electron chi connectivity index (χ1n) is 12.8. The molecule has 206 valence electrons. The molecule has 41 heavy (non-hydrogen) atoms. The first-order valence-corrected chi connectivity index (χ1v) is 13.7. The van der Waals surface area contributed by atoms with Crippen molar-refractivity contribution in [3.8, 4) is 11.5 Å². The van der Waals surface area contributed by atoms with Crippen LogP contribution in [-0.2, 0) is 17.9 Å². The smallest absolute Gasteiger partial charge is 0.269 e. The second-order valence-electron chi connectivity index (χ2n) is 9.34. The summed E-state index contributed by atoms with van der Waals surface area (Å²) in [4.78, 5) is 31.1. The number of hydrogen-bond acceptors (Lipinski definition) is 7. The van der Waals surface area contributed by atoms with E-state index in [0.29, 0.717) is 28.1 Å². The number of amides is 1. The second-order valence-corrected chi connectivity index (χ2v) is 10.3. The van der Waals surface area contributed by atoms with Crippen molar-refractivity contribution in [1.82, 2.24) is 4.90 Å². The SMILES string of the molecule is COc1cc(/C=C2/SC(=Nc3ccc(C)cc3)N(Cc3ccccc3)C2=O)ccc1OCc1ccc([N+](=O)[O-])cc1. The van der Waals surface area contributed by atoms with E-state index in [2.05, 4.69) is 0 Å². The Labute approximate surface area is 242 Å². The Bertz CT molecular complexity index is 1620. The molecule has 0 aromatic heterocycles. The number of non-ortho nitro benzene ring substituents is 1. The minimum absolute atomic E-state index is 0.0254. The molecule has 0 N–H and O–H groups in total. The number of carbonyl (C=O) groups is 1. The Morgan fingerprint density at radius 1 is 0.927 bits per heavy atom. The summed E-state index contributed by atoms with van der Waals surface area (Å²) in [6, 6.07) is 29.3. The molecule has 1 heterocycles. The van der Waals surface area contributed by atoms with E-state index >= 15 is 0 Å². The van der Waals surface area contributed by atoms with Crippen LogP contribution in [0.15, 0.2) is 107 Å². The normalized spacial score (nSPS) is 15.0. The Kier molecular flexibility index (Phi) is 8.45. The van der Waals surface area contributed by atoms with Gasteiger partial charge >= 0.3 is 0 Å². The molecule has 9 heteroatoms. The van der Waals surface area contributed by atoms with E-state index in [-0.39, 0.29) is 18.2 Å². The molecule has 0 spiro atoms. The summed E-state index contributed by atoms with van der Waals surface area (Å²) < 4.78 is 11.5. The van der Waals surface area contributed by atoms with Crippen molar-refractivity contribution < 1.29 is 19.2 Å². The van der Waals surface area contributed by atoms with Crippen molar-refractivity contribution in [2.75, 3.05) is 7.11 Å². The van der Waals surface area contributed by atoms with Gasteiger partial charge in [-0.3, -0.25) is 19.8 Å². The molecule has 1 amide bonds. The third kappa shape index (κ3) is 6.82. The molecule has 5 rings (SSSR count). The minimum atomic E-state index is -0.438. The van der Waals surface area contributed by atoms with E-state index in [9.17, 15) is 14.9 Å². The van der Waals surface area contributed by atoms with Gasteiger partial charge in [0.05, 0.1) is 29.2 Å². The van der Waals surface area contributed by atoms with E-state index < -0.39 is 4.92 Å². The maximum absolute atomic E-state index is 13.6. The molecule has 4 aromatic carbocycles. The van der Waals surface area contributed by atoms with Gasteiger partial charge in [0.15, 0.2) is 16.7 Å². The summed E-state index contributed by atoms with van der Waals surface area (Å²) in [5.74, 6) is 0.902. The molecular weight excluding hydrogens is 538 g/mol. The van der Waals surface area contributed by atoms with Crippen LogP contribution in [0.4, 0.5) is 11.4 Å². The predicted molar refractivity (Wildman–Crippen MR) is 161 cm³/mol. The number of rotatable bonds is 9. The number of carbonyl (C=O) groups excluding carboxylic acids is 1. The third-order valence-electron chi connectivity index (χ3n) is 6.36. The van der Waals surface area contributed by atoms with Crippen LogP contribution in [0.1, 0.15) is 22.3 Å². The summed E-state index contributed by atoms with van der Waals surface area (Å²) in [5, 5.41) is 11.5. The topological polar surface area (TPSA) is 94.3 Å². The fourth-order valence-corrected chi connectivity index (χ4v) is 5.14. The molecule has 0 radical (unpaired) electrons. The summed E-state index contributed by atoms with van der Waals surface area (Å²) in [6.07, 6.45) is 1.82. The highest BCUT2D eigenvalue weighted by atomic mass is 32.2. The van der Waals surface area contributed by atoms with E-state index in [1.165, 1.54) is 23.9 Å². The average Bonchev–Trinajstić information content (AvgIpc) is 3.27. The van der Waals surface area contributed by atoms with Gasteiger partial charge in [-0.15, -0.1) is 0 Å². The molecule has 8 nitrogen and oxygen atoms in total. The quantitative estimate of drug-likeness (QED) is 0.120. The lowest BCUT2D eigenvalue weighted by Crippen LogP contribution is -2.28. The summed E-state index contributed by atoms with van der Waals surface area (Å²) in [6.45, 7) is 2.65. The largest absolute Gasteiger partial charge is 0.493 e. The lowest BCUT2D eigenvalue weighted by atomic mass is 10.1. The van der Waals surface area contributed by atoms with Crippen molar-refractivity contribution in [3.63, 3.8) is 0 Å². The highest BCUT2D eigenvalue weighted by Gasteiger charge is 2.33. The van der Waals surface area contributed by atoms with Crippen LogP contribution < -0.4 is 9.47 Å². The van der Waals surface area contributed by atoms with Crippen molar-refractivity contribution >= 4 is 40.3 Å². The summed E-state index contributed by atoms with van der Waals surface area (Å²) >= 11 is 1.34. The lowest BCUT2D eigenvalue weighted by molar-refractivity contribution is -0.384. The van der Waals surface area contributed by atoms with Gasteiger partial charge in [-0.05, 0) is 77.9 Å². The van der Waals surface area contributed by atoms with Gasteiger partial charge in [0.25, 0.3) is 11.6 Å². The zero-order valence-electron chi connectivity index (χ0n) is 22.5. The maximum Gasteiger partial charge on any atom is 0.269 e. The van der Waals surface area contributed by atoms with E-state index in [4.69, 9.17) is 14.5 Å². The van der Waals surface area contributed by atoms with E-state index in [1.807, 2.05) is 79.7 Å². The fraction of sp³-hybridized carbons (Fsp3) is 0.125. The first-order chi connectivity index (χ1) is 19.9. The zero-order chi connectivity index (χ0) is 28.8. The van der Waals surface area contributed by atoms with Crippen LogP contribution in [0, 0.1) is 17.0 Å². The maximum atomic E-state index is 13.6. The highest BCUT2D eigenvalue weighted by Crippen LogP contribution is 2.37. The molecule has 4 aromatic rings. The number of amidine groups is 1. The fourth-order valence-electron chi connectivity index (χ4n) is 4.15. The van der Waals surface area contributed by atoms with Crippen molar-refractivity contribution in [1.29, 1.82) is 0 Å². The predicted octanol–water partition coefficient (Wildman–Crippen LogP) is 7.30. The van der Waals surface area contributed by atoms with Crippen LogP contribution in [0.25, 0.3) is 6.08 Å². The molecule has 0 aliphatic carbocycles. The van der Waals surface area contributed by atoms with Gasteiger partial charge in [0.1, 0.15) is 6.61 Å². The summed E-state index contributed by atoms with van der Waals surface area (Å²) in [5.41, 5.74) is 4.52. The molecule has 0 atom stereocenters. The van der Waals surface area contributed by atoms with Crippen LogP contribution in [0.5, 0.6) is 11.5 Å². The number of hydrogen-bond donors (Lipinski definition) is 0. The van der Waals surface area contributed by atoms with E-state index in [0.717, 1.165) is 27.9 Å². The summed E-state index contributed by atoms with van der Waals surface area (Å²) in [7, 11) is 1.55. The van der Waals surface area contributed by atoms with Crippen molar-refractivity contribution in [2.24, 2.45) is 4.99 Å². The van der Waals surface area contributed by atoms with E-state index in [1.54, 1.807) is 30.2 Å². The molecule has 0 bridgehead atoms. The van der Waals surface area contributed by atoms with Gasteiger partial charge < -0.3 is 9.47 Å². The lowest BCUT2D eigenvalue weighted by Gasteiger charge is -2.15. The molecule has 1 aliphatic heterocycles. The van der Waals surface area contributed by atoms with Crippen molar-refractivity contribution in [3.05, 3.63) is 134 Å². The highest BCUT2D eigenvalue weighted by molar-refractivity contribution is 8.18. The number of nitrogens with zero attached hydrogens (tertiary/aromatic N) is 3. The molecule has 1 saturated heterocycles. The van der Waals surface area contributed by atoms with Gasteiger partial charge in [-0.1, -0.05) is 54.1 Å². The number of ether oxygens (including phenoxy) is 2. The van der Waals surface area contributed by atoms with Gasteiger partial charge in [-0.25, -0.2) is 4.99 Å². The molecular formula is C32H27N3O5S. The number of aliphatic imine (C=N–C) groups is 1. The van der Waals surface area contributed by atoms with Gasteiger partial charge in [0, 0.05) is 12.1 Å². The third-order valence-corrected chi connectivity index (χ3v) is 7.36. The number of benzene rings is 4. The van der Waals surface area contributed by atoms with Crippen LogP contribution >= 0.6 is 11.8 Å². The Balaban J connectivity index is 1.37. The van der Waals surface area contributed by atoms with Crippen LogP contribution in [0.3, 0.4) is 0 Å². The minimum Gasteiger partial charge on any atom is -0.493 e. The number of nitro benzene ring substituents is 1. The second kappa shape index (κ2) is 12.5. The number of nitro groups is 1. The average molecular weight is 566 g/mol. The van der Waals surface area contributed by atoms with Gasteiger partial charge in [-0.2, -0.15) is 0 Å². The molecule has 1 aliphatic rings. The number of methoxy groups -OCH3 is 1. The van der Waals surface area contributed by atoms with Gasteiger partial charge in [0.2, 0.25) is 0 Å². The molecule has 0 saturated carbocycles. The monoisotopic (exact) mass is 565 g/mol. The zero-order valence-corrected chi connectivity index (χ0v) is 23.3.